The summed E-state index contributed by atoms with van der Waals surface area (Å²) in [5.41, 5.74) is 1.58. The van der Waals surface area contributed by atoms with Crippen molar-refractivity contribution in [3.63, 3.8) is 0 Å². The smallest absolute Gasteiger partial charge is 0.339 e. The number of fused-ring (bicyclic) bond motifs is 1. The Labute approximate surface area is 159 Å². The first-order valence-electron chi connectivity index (χ1n) is 8.95. The Morgan fingerprint density at radius 2 is 1.89 bits per heavy atom. The second kappa shape index (κ2) is 6.72. The van der Waals surface area contributed by atoms with Crippen LogP contribution < -0.4 is 10.1 Å². The van der Waals surface area contributed by atoms with E-state index in [1.54, 1.807) is 26.2 Å². The number of rotatable bonds is 3. The zero-order chi connectivity index (χ0) is 19.8. The molecule has 0 unspecified atom stereocenters. The molecule has 1 amide bonds. The molecule has 1 aliphatic rings. The van der Waals surface area contributed by atoms with E-state index in [1.807, 2.05) is 30.3 Å². The average Bonchev–Trinajstić information content (AvgIpc) is 2.60. The third kappa shape index (κ3) is 3.68. The van der Waals surface area contributed by atoms with Gasteiger partial charge in [-0.2, -0.15) is 0 Å². The molecule has 2 aromatic rings. The predicted molar refractivity (Wildman–Crippen MR) is 104 cm³/mol. The van der Waals surface area contributed by atoms with Gasteiger partial charge in [0.15, 0.2) is 5.60 Å². The summed E-state index contributed by atoms with van der Waals surface area (Å²) in [4.78, 5) is 25.4. The van der Waals surface area contributed by atoms with Crippen molar-refractivity contribution in [2.75, 3.05) is 12.4 Å². The van der Waals surface area contributed by atoms with Gasteiger partial charge in [-0.05, 0) is 41.7 Å². The molecule has 0 saturated carbocycles. The van der Waals surface area contributed by atoms with Gasteiger partial charge < -0.3 is 14.8 Å². The Balaban J connectivity index is 1.90. The molecule has 5 nitrogen and oxygen atoms in total. The maximum atomic E-state index is 13.0. The number of nitrogens with one attached hydrogen (secondary N) is 1. The van der Waals surface area contributed by atoms with Crippen LogP contribution in [0.25, 0.3) is 0 Å². The van der Waals surface area contributed by atoms with E-state index < -0.39 is 11.6 Å². The van der Waals surface area contributed by atoms with Crippen molar-refractivity contribution >= 4 is 17.6 Å². The van der Waals surface area contributed by atoms with Crippen molar-refractivity contribution in [2.45, 2.75) is 45.1 Å². The molecular weight excluding hydrogens is 342 g/mol. The zero-order valence-corrected chi connectivity index (χ0v) is 16.4. The number of anilines is 1. The number of hydrogen-bond acceptors (Lipinski definition) is 4. The Morgan fingerprint density at radius 1 is 1.19 bits per heavy atom. The lowest BCUT2D eigenvalue weighted by molar-refractivity contribution is -0.134. The van der Waals surface area contributed by atoms with Crippen molar-refractivity contribution in [1.82, 2.24) is 0 Å². The van der Waals surface area contributed by atoms with Crippen LogP contribution in [0, 0.1) is 0 Å². The zero-order valence-electron chi connectivity index (χ0n) is 16.4. The Kier molecular flexibility index (Phi) is 4.72. The van der Waals surface area contributed by atoms with E-state index >= 15 is 0 Å². The van der Waals surface area contributed by atoms with E-state index in [0.29, 0.717) is 23.4 Å². The largest absolute Gasteiger partial charge is 0.495 e. The van der Waals surface area contributed by atoms with Crippen molar-refractivity contribution < 1.29 is 19.1 Å². The van der Waals surface area contributed by atoms with Gasteiger partial charge in [-0.1, -0.05) is 45.0 Å². The fraction of sp³-hybridized carbons (Fsp3) is 0.364. The molecule has 0 aliphatic carbocycles. The van der Waals surface area contributed by atoms with Crippen LogP contribution in [0.3, 0.4) is 0 Å². The quantitative estimate of drug-likeness (QED) is 0.830. The third-order valence-electron chi connectivity index (χ3n) is 4.88. The summed E-state index contributed by atoms with van der Waals surface area (Å²) in [6.07, 6.45) is 0.321. The average molecular weight is 367 g/mol. The van der Waals surface area contributed by atoms with E-state index in [2.05, 4.69) is 26.1 Å². The molecule has 0 aromatic heterocycles. The number of esters is 1. The first-order chi connectivity index (χ1) is 12.6. The molecule has 1 aliphatic heterocycles. The third-order valence-corrected chi connectivity index (χ3v) is 4.88. The van der Waals surface area contributed by atoms with Gasteiger partial charge >= 0.3 is 5.97 Å². The van der Waals surface area contributed by atoms with Crippen molar-refractivity contribution in [1.29, 1.82) is 0 Å². The molecule has 1 heterocycles. The molecule has 1 N–H and O–H groups in total. The summed E-state index contributed by atoms with van der Waals surface area (Å²) in [5.74, 6) is -0.304. The lowest BCUT2D eigenvalue weighted by Crippen LogP contribution is -2.49. The van der Waals surface area contributed by atoms with Crippen LogP contribution in [-0.4, -0.2) is 24.6 Å². The molecule has 0 spiro atoms. The number of amides is 1. The molecule has 0 bridgehead atoms. The van der Waals surface area contributed by atoms with Crippen LogP contribution in [0.2, 0.25) is 0 Å². The topological polar surface area (TPSA) is 64.6 Å². The maximum Gasteiger partial charge on any atom is 0.339 e. The number of carbonyl (C=O) groups excluding carboxylic acids is 2. The van der Waals surface area contributed by atoms with E-state index in [-0.39, 0.29) is 11.3 Å². The van der Waals surface area contributed by atoms with E-state index in [4.69, 9.17) is 9.47 Å². The van der Waals surface area contributed by atoms with Crippen LogP contribution in [0.5, 0.6) is 5.75 Å². The second-order valence-electron chi connectivity index (χ2n) is 8.07. The minimum atomic E-state index is -1.28. The molecule has 5 heteroatoms. The summed E-state index contributed by atoms with van der Waals surface area (Å²) in [6.45, 7) is 7.93. The van der Waals surface area contributed by atoms with Gasteiger partial charge in [0, 0.05) is 6.42 Å². The first kappa shape index (κ1) is 19.0. The van der Waals surface area contributed by atoms with Gasteiger partial charge in [-0.15, -0.1) is 0 Å². The van der Waals surface area contributed by atoms with E-state index in [0.717, 1.165) is 11.1 Å². The van der Waals surface area contributed by atoms with Gasteiger partial charge in [0.2, 0.25) is 0 Å². The summed E-state index contributed by atoms with van der Waals surface area (Å²) < 4.78 is 10.9. The first-order valence-corrected chi connectivity index (χ1v) is 8.95. The van der Waals surface area contributed by atoms with E-state index in [1.165, 1.54) is 0 Å². The lowest BCUT2D eigenvalue weighted by Gasteiger charge is -2.33. The molecule has 3 rings (SSSR count). The summed E-state index contributed by atoms with van der Waals surface area (Å²) in [7, 11) is 1.56. The highest BCUT2D eigenvalue weighted by Crippen LogP contribution is 2.34. The van der Waals surface area contributed by atoms with Gasteiger partial charge in [-0.25, -0.2) is 4.79 Å². The Bertz CT molecular complexity index is 897. The van der Waals surface area contributed by atoms with Gasteiger partial charge in [-0.3, -0.25) is 4.79 Å². The summed E-state index contributed by atoms with van der Waals surface area (Å²) in [5, 5.41) is 2.89. The van der Waals surface area contributed by atoms with Crippen LogP contribution in [0.4, 0.5) is 5.69 Å². The SMILES string of the molecule is COc1ccc(C(C)(C)C)cc1NC(=O)[C@@]1(C)Cc2ccccc2C(=O)O1. The van der Waals surface area contributed by atoms with Crippen LogP contribution in [0.15, 0.2) is 42.5 Å². The number of carbonyl (C=O) groups is 2. The van der Waals surface area contributed by atoms with E-state index in [9.17, 15) is 9.59 Å². The molecule has 0 saturated heterocycles. The summed E-state index contributed by atoms with van der Waals surface area (Å²) >= 11 is 0. The Morgan fingerprint density at radius 3 is 2.56 bits per heavy atom. The van der Waals surface area contributed by atoms with Crippen LogP contribution in [0.1, 0.15) is 49.2 Å². The van der Waals surface area contributed by atoms with Gasteiger partial charge in [0.1, 0.15) is 5.75 Å². The normalized spacial score (nSPS) is 19.1. The maximum absolute atomic E-state index is 13.0. The lowest BCUT2D eigenvalue weighted by atomic mass is 9.86. The fourth-order valence-corrected chi connectivity index (χ4v) is 3.19. The van der Waals surface area contributed by atoms with Crippen LogP contribution in [-0.2, 0) is 21.4 Å². The highest BCUT2D eigenvalue weighted by Gasteiger charge is 2.42. The second-order valence-corrected chi connectivity index (χ2v) is 8.07. The molecule has 2 aromatic carbocycles. The fourth-order valence-electron chi connectivity index (χ4n) is 3.19. The number of hydrogen-bond donors (Lipinski definition) is 1. The Hall–Kier alpha value is -2.82. The monoisotopic (exact) mass is 367 g/mol. The predicted octanol–water partition coefficient (Wildman–Crippen LogP) is 4.10. The van der Waals surface area contributed by atoms with Gasteiger partial charge in [0.05, 0.1) is 18.4 Å². The molecule has 1 atom stereocenters. The highest BCUT2D eigenvalue weighted by molar-refractivity contribution is 6.03. The molecule has 142 valence electrons. The standard InChI is InChI=1S/C22H25NO4/c1-21(2,3)15-10-11-18(26-5)17(12-15)23-20(25)22(4)13-14-8-6-7-9-16(14)19(24)27-22/h6-12H,13H2,1-5H3,(H,23,25)/t22-/m1/s1. The summed E-state index contributed by atoms with van der Waals surface area (Å²) in [6, 6.07) is 12.9. The number of cyclic esters (lactones) is 1. The molecular formula is C22H25NO4. The highest BCUT2D eigenvalue weighted by atomic mass is 16.6. The molecule has 0 fully saturated rings. The molecule has 27 heavy (non-hydrogen) atoms. The number of methoxy groups -OCH3 is 1. The van der Waals surface area contributed by atoms with Gasteiger partial charge in [0.25, 0.3) is 5.91 Å². The van der Waals surface area contributed by atoms with Crippen LogP contribution >= 0.6 is 0 Å². The van der Waals surface area contributed by atoms with Crippen molar-refractivity contribution in [2.24, 2.45) is 0 Å². The number of benzene rings is 2. The minimum absolute atomic E-state index is 0.0775. The van der Waals surface area contributed by atoms with Crippen molar-refractivity contribution in [3.8, 4) is 5.75 Å². The minimum Gasteiger partial charge on any atom is -0.495 e. The molecule has 0 radical (unpaired) electrons. The number of ether oxygens (including phenoxy) is 2. The van der Waals surface area contributed by atoms with Crippen molar-refractivity contribution in [3.05, 3.63) is 59.2 Å².